The van der Waals surface area contributed by atoms with Gasteiger partial charge in [-0.1, -0.05) is 124 Å². The number of halogens is 3. The van der Waals surface area contributed by atoms with Crippen molar-refractivity contribution in [3.63, 3.8) is 0 Å². The Morgan fingerprint density at radius 3 is 2.08 bits per heavy atom. The van der Waals surface area contributed by atoms with E-state index < -0.39 is 17.6 Å². The lowest BCUT2D eigenvalue weighted by Gasteiger charge is -2.31. The number of hydrogen-bond donors (Lipinski definition) is 3. The highest BCUT2D eigenvalue weighted by atomic mass is 79.9. The number of carbonyl (C=O) groups excluding carboxylic acids is 1. The normalized spacial score (nSPS) is 15.8. The molecule has 2 atom stereocenters. The van der Waals surface area contributed by atoms with Crippen LogP contribution >= 0.6 is 39.1 Å². The zero-order valence-electron chi connectivity index (χ0n) is 32.7. The van der Waals surface area contributed by atoms with Gasteiger partial charge < -0.3 is 24.1 Å². The van der Waals surface area contributed by atoms with E-state index in [2.05, 4.69) is 26.8 Å². The molecule has 0 aliphatic carbocycles. The number of aliphatic hydroxyl groups is 1. The molecule has 308 valence electrons. The van der Waals surface area contributed by atoms with Crippen LogP contribution in [0.5, 0.6) is 17.2 Å². The molecular weight excluding hydrogens is 865 g/mol. The lowest BCUT2D eigenvalue weighted by atomic mass is 9.82. The van der Waals surface area contributed by atoms with Crippen LogP contribution in [-0.2, 0) is 35.6 Å². The Kier molecular flexibility index (Phi) is 14.8. The summed E-state index contributed by atoms with van der Waals surface area (Å²) in [6.45, 7) is 1.60. The average Bonchev–Trinajstić information content (AvgIpc) is 3.65. The van der Waals surface area contributed by atoms with Crippen LogP contribution in [0.25, 0.3) is 0 Å². The first-order valence-electron chi connectivity index (χ1n) is 19.6. The van der Waals surface area contributed by atoms with Crippen LogP contribution in [0.2, 0.25) is 10.0 Å². The molecule has 0 aromatic heterocycles. The monoisotopic (exact) mass is 907 g/mol. The Morgan fingerprint density at radius 1 is 0.750 bits per heavy atom. The SMILES string of the molecule is O=C(NNCCc1ccc(OCc2ccccc2)c(OCc2ccccc2)c1)[C@@]1(Cc2ccc(Br)cc2)N=C(c2ccc(OCCCO)cc2)O[C@H]1c1ccc(Cl)cc1Cl. The molecule has 0 radical (unpaired) electrons. The van der Waals surface area contributed by atoms with Crippen molar-refractivity contribution in [1.82, 2.24) is 10.9 Å². The molecular formula is C48H44BrCl2N3O6. The first-order valence-corrected chi connectivity index (χ1v) is 21.1. The van der Waals surface area contributed by atoms with Crippen molar-refractivity contribution in [2.75, 3.05) is 19.8 Å². The quantitative estimate of drug-likeness (QED) is 0.0549. The molecule has 1 heterocycles. The van der Waals surface area contributed by atoms with Gasteiger partial charge in [0.05, 0.1) is 6.61 Å². The second kappa shape index (κ2) is 20.7. The number of nitrogens with zero attached hydrogens (tertiary/aromatic N) is 1. The molecule has 0 bridgehead atoms. The largest absolute Gasteiger partial charge is 0.494 e. The molecule has 12 heteroatoms. The van der Waals surface area contributed by atoms with Crippen molar-refractivity contribution >= 4 is 50.9 Å². The molecule has 0 saturated heterocycles. The van der Waals surface area contributed by atoms with Crippen LogP contribution in [0.3, 0.4) is 0 Å². The second-order valence-corrected chi connectivity index (χ2v) is 16.0. The van der Waals surface area contributed by atoms with E-state index in [0.717, 1.165) is 26.7 Å². The number of rotatable bonds is 19. The summed E-state index contributed by atoms with van der Waals surface area (Å²) in [6.07, 6.45) is 0.348. The number of nitrogens with one attached hydrogen (secondary N) is 2. The van der Waals surface area contributed by atoms with Gasteiger partial charge in [0.2, 0.25) is 5.90 Å². The molecule has 9 nitrogen and oxygen atoms in total. The van der Waals surface area contributed by atoms with E-state index >= 15 is 0 Å². The van der Waals surface area contributed by atoms with E-state index in [1.807, 2.05) is 115 Å². The van der Waals surface area contributed by atoms with Crippen molar-refractivity contribution in [1.29, 1.82) is 0 Å². The first-order chi connectivity index (χ1) is 29.3. The highest BCUT2D eigenvalue weighted by Gasteiger charge is 2.54. The third-order valence-corrected chi connectivity index (χ3v) is 11.0. The number of hydrazine groups is 1. The summed E-state index contributed by atoms with van der Waals surface area (Å²) >= 11 is 16.7. The van der Waals surface area contributed by atoms with Crippen LogP contribution in [0.15, 0.2) is 155 Å². The lowest BCUT2D eigenvalue weighted by molar-refractivity contribution is -0.130. The van der Waals surface area contributed by atoms with Gasteiger partial charge in [-0.3, -0.25) is 10.2 Å². The molecule has 60 heavy (non-hydrogen) atoms. The Hall–Kier alpha value is -5.36. The first kappa shape index (κ1) is 42.8. The topological polar surface area (TPSA) is 111 Å². The molecule has 3 N–H and O–H groups in total. The summed E-state index contributed by atoms with van der Waals surface area (Å²) in [4.78, 5) is 19.9. The molecule has 1 amide bonds. The van der Waals surface area contributed by atoms with E-state index in [4.69, 9.17) is 52.2 Å². The van der Waals surface area contributed by atoms with Crippen LogP contribution in [0.1, 0.15) is 45.9 Å². The number of ether oxygens (including phenoxy) is 4. The van der Waals surface area contributed by atoms with Crippen molar-refractivity contribution in [2.24, 2.45) is 4.99 Å². The number of aliphatic hydroxyl groups excluding tert-OH is 1. The number of aliphatic imine (C=N–C) groups is 1. The minimum absolute atomic E-state index is 0.0396. The van der Waals surface area contributed by atoms with E-state index in [1.54, 1.807) is 30.3 Å². The smallest absolute Gasteiger partial charge is 0.266 e. The zero-order valence-corrected chi connectivity index (χ0v) is 35.8. The fourth-order valence-corrected chi connectivity index (χ4v) is 7.53. The fourth-order valence-electron chi connectivity index (χ4n) is 6.76. The minimum Gasteiger partial charge on any atom is -0.494 e. The molecule has 1 aliphatic rings. The average molecular weight is 910 g/mol. The van der Waals surface area contributed by atoms with E-state index in [-0.39, 0.29) is 18.9 Å². The second-order valence-electron chi connectivity index (χ2n) is 14.2. The maximum atomic E-state index is 14.8. The molecule has 6 aromatic rings. The fraction of sp³-hybridized carbons (Fsp3) is 0.208. The van der Waals surface area contributed by atoms with Gasteiger partial charge in [0.25, 0.3) is 5.91 Å². The number of amides is 1. The predicted molar refractivity (Wildman–Crippen MR) is 239 cm³/mol. The van der Waals surface area contributed by atoms with Gasteiger partial charge >= 0.3 is 0 Å². The van der Waals surface area contributed by atoms with Crippen LogP contribution in [0.4, 0.5) is 0 Å². The maximum absolute atomic E-state index is 14.8. The Balaban J connectivity index is 1.12. The van der Waals surface area contributed by atoms with Crippen LogP contribution in [0, 0.1) is 0 Å². The van der Waals surface area contributed by atoms with Crippen LogP contribution < -0.4 is 25.1 Å². The summed E-state index contributed by atoms with van der Waals surface area (Å²) in [6, 6.07) is 46.0. The predicted octanol–water partition coefficient (Wildman–Crippen LogP) is 10.0. The highest BCUT2D eigenvalue weighted by molar-refractivity contribution is 9.10. The molecule has 1 aliphatic heterocycles. The van der Waals surface area contributed by atoms with E-state index in [1.165, 1.54) is 0 Å². The molecule has 0 saturated carbocycles. The molecule has 7 rings (SSSR count). The standard InChI is InChI=1S/C48H44BrCl2N3O6/c49-38-17-12-34(13-18-38)30-48(45(41-22-19-39(50)29-42(41)51)60-46(53-48)37-15-20-40(21-16-37)57-27-7-26-55)47(56)54-52-25-24-33-14-23-43(58-31-35-8-3-1-4-9-35)44(28-33)59-32-36-10-5-2-6-11-36/h1-6,8-23,28-29,45,52,55H,7,24-27,30-32H2,(H,54,56)/t45-,48-/m0/s1. The van der Waals surface area contributed by atoms with Crippen molar-refractivity contribution in [3.05, 3.63) is 193 Å². The van der Waals surface area contributed by atoms with Crippen molar-refractivity contribution in [2.45, 2.75) is 44.1 Å². The maximum Gasteiger partial charge on any atom is 0.266 e. The summed E-state index contributed by atoms with van der Waals surface area (Å²) in [5.41, 5.74) is 9.78. The lowest BCUT2D eigenvalue weighted by Crippen LogP contribution is -2.54. The van der Waals surface area contributed by atoms with Gasteiger partial charge in [-0.2, -0.15) is 0 Å². The van der Waals surface area contributed by atoms with Crippen molar-refractivity contribution in [3.8, 4) is 17.2 Å². The van der Waals surface area contributed by atoms with Gasteiger partial charge in [0.1, 0.15) is 19.0 Å². The van der Waals surface area contributed by atoms with E-state index in [0.29, 0.717) is 77.6 Å². The summed E-state index contributed by atoms with van der Waals surface area (Å²) in [7, 11) is 0. The van der Waals surface area contributed by atoms with Gasteiger partial charge in [-0.15, -0.1) is 0 Å². The van der Waals surface area contributed by atoms with Crippen LogP contribution in [-0.4, -0.2) is 42.2 Å². The third-order valence-electron chi connectivity index (χ3n) is 9.88. The third kappa shape index (κ3) is 11.1. The van der Waals surface area contributed by atoms with Gasteiger partial charge in [0, 0.05) is 51.6 Å². The van der Waals surface area contributed by atoms with Gasteiger partial charge in [-0.25, -0.2) is 10.4 Å². The number of hydrogen-bond acceptors (Lipinski definition) is 8. The zero-order chi connectivity index (χ0) is 41.7. The molecule has 0 unspecified atom stereocenters. The van der Waals surface area contributed by atoms with Gasteiger partial charge in [0.15, 0.2) is 23.1 Å². The Bertz CT molecular complexity index is 2370. The molecule has 0 spiro atoms. The highest BCUT2D eigenvalue weighted by Crippen LogP contribution is 2.45. The number of carbonyl (C=O) groups is 1. The van der Waals surface area contributed by atoms with Gasteiger partial charge in [-0.05, 0) is 89.3 Å². The molecule has 0 fully saturated rings. The summed E-state index contributed by atoms with van der Waals surface area (Å²) in [5, 5.41) is 9.96. The number of benzene rings is 6. The Labute approximate surface area is 368 Å². The summed E-state index contributed by atoms with van der Waals surface area (Å²) in [5.74, 6) is 1.77. The Morgan fingerprint density at radius 2 is 1.42 bits per heavy atom. The molecule has 6 aromatic carbocycles. The minimum atomic E-state index is -1.50. The van der Waals surface area contributed by atoms with Crippen molar-refractivity contribution < 1.29 is 28.8 Å². The van der Waals surface area contributed by atoms with E-state index in [9.17, 15) is 4.79 Å². The summed E-state index contributed by atoms with van der Waals surface area (Å²) < 4.78 is 25.8.